The van der Waals surface area contributed by atoms with E-state index in [1.165, 1.54) is 13.2 Å². The van der Waals surface area contributed by atoms with Crippen molar-refractivity contribution in [2.75, 3.05) is 27.1 Å². The van der Waals surface area contributed by atoms with Crippen LogP contribution in [0, 0.1) is 5.82 Å². The van der Waals surface area contributed by atoms with Gasteiger partial charge in [-0.15, -0.1) is 0 Å². The molecular formula is C23H20FN3O3. The second-order valence-corrected chi connectivity index (χ2v) is 6.58. The van der Waals surface area contributed by atoms with E-state index in [-0.39, 0.29) is 11.7 Å². The molecule has 6 nitrogen and oxygen atoms in total. The molecule has 0 unspecified atom stereocenters. The summed E-state index contributed by atoms with van der Waals surface area (Å²) in [5.41, 5.74) is 9.61. The van der Waals surface area contributed by atoms with E-state index in [0.717, 1.165) is 16.5 Å². The van der Waals surface area contributed by atoms with Crippen LogP contribution < -0.4 is 19.9 Å². The standard InChI is InChI=1S/C23H20FN3O3/c1-28-19-8-5-14(11-17(19)24)13-4-7-18-16(10-13)22(27-23(25)26-18)15-6-9-20(29-2)21(12-15)30-3/h4-12H,1-3H3,(H2,25,26,27). The van der Waals surface area contributed by atoms with E-state index in [1.807, 2.05) is 30.3 Å². The van der Waals surface area contributed by atoms with Gasteiger partial charge in [0.15, 0.2) is 23.1 Å². The summed E-state index contributed by atoms with van der Waals surface area (Å²) >= 11 is 0. The van der Waals surface area contributed by atoms with Crippen LogP contribution in [0.3, 0.4) is 0 Å². The molecule has 0 fully saturated rings. The lowest BCUT2D eigenvalue weighted by Gasteiger charge is -2.12. The van der Waals surface area contributed by atoms with Gasteiger partial charge in [-0.25, -0.2) is 14.4 Å². The van der Waals surface area contributed by atoms with Crippen molar-refractivity contribution in [2.24, 2.45) is 0 Å². The molecule has 30 heavy (non-hydrogen) atoms. The zero-order valence-corrected chi connectivity index (χ0v) is 16.8. The van der Waals surface area contributed by atoms with Crippen LogP contribution in [0.25, 0.3) is 33.3 Å². The third-order valence-electron chi connectivity index (χ3n) is 4.86. The van der Waals surface area contributed by atoms with E-state index in [0.29, 0.717) is 28.3 Å². The topological polar surface area (TPSA) is 79.5 Å². The van der Waals surface area contributed by atoms with Gasteiger partial charge < -0.3 is 19.9 Å². The van der Waals surface area contributed by atoms with Crippen molar-refractivity contribution in [3.8, 4) is 39.6 Å². The minimum absolute atomic E-state index is 0.163. The average Bonchev–Trinajstić information content (AvgIpc) is 2.77. The molecule has 0 saturated carbocycles. The first-order valence-corrected chi connectivity index (χ1v) is 9.17. The summed E-state index contributed by atoms with van der Waals surface area (Å²) in [5, 5.41) is 0.783. The van der Waals surface area contributed by atoms with E-state index in [1.54, 1.807) is 32.4 Å². The molecule has 3 aromatic carbocycles. The normalized spacial score (nSPS) is 10.8. The number of fused-ring (bicyclic) bond motifs is 1. The Morgan fingerprint density at radius 1 is 0.700 bits per heavy atom. The third-order valence-corrected chi connectivity index (χ3v) is 4.86. The van der Waals surface area contributed by atoms with Crippen LogP contribution in [0.1, 0.15) is 0 Å². The number of ether oxygens (including phenoxy) is 3. The predicted octanol–water partition coefficient (Wildman–Crippen LogP) is 4.71. The maximum Gasteiger partial charge on any atom is 0.221 e. The number of hydrogen-bond acceptors (Lipinski definition) is 6. The van der Waals surface area contributed by atoms with Gasteiger partial charge in [0.25, 0.3) is 0 Å². The number of rotatable bonds is 5. The molecule has 1 aromatic heterocycles. The summed E-state index contributed by atoms with van der Waals surface area (Å²) in [5.74, 6) is 1.12. The summed E-state index contributed by atoms with van der Waals surface area (Å²) in [7, 11) is 4.59. The molecule has 0 amide bonds. The van der Waals surface area contributed by atoms with Crippen molar-refractivity contribution in [3.05, 3.63) is 60.4 Å². The first-order chi connectivity index (χ1) is 14.5. The van der Waals surface area contributed by atoms with Gasteiger partial charge in [-0.05, 0) is 53.6 Å². The van der Waals surface area contributed by atoms with Crippen LogP contribution in [0.4, 0.5) is 10.3 Å². The average molecular weight is 405 g/mol. The molecule has 4 rings (SSSR count). The number of halogens is 1. The van der Waals surface area contributed by atoms with Crippen LogP contribution in [0.15, 0.2) is 54.6 Å². The number of anilines is 1. The Morgan fingerprint density at radius 2 is 1.33 bits per heavy atom. The largest absolute Gasteiger partial charge is 0.494 e. The van der Waals surface area contributed by atoms with Crippen molar-refractivity contribution in [1.82, 2.24) is 9.97 Å². The predicted molar refractivity (Wildman–Crippen MR) is 114 cm³/mol. The Labute approximate surface area is 173 Å². The second-order valence-electron chi connectivity index (χ2n) is 6.58. The molecule has 0 radical (unpaired) electrons. The smallest absolute Gasteiger partial charge is 0.221 e. The number of aromatic nitrogens is 2. The molecule has 0 aliphatic rings. The van der Waals surface area contributed by atoms with E-state index in [4.69, 9.17) is 19.9 Å². The Hall–Kier alpha value is -3.87. The van der Waals surface area contributed by atoms with E-state index >= 15 is 0 Å². The van der Waals surface area contributed by atoms with Crippen LogP contribution in [0.5, 0.6) is 17.2 Å². The van der Waals surface area contributed by atoms with E-state index in [9.17, 15) is 4.39 Å². The van der Waals surface area contributed by atoms with Gasteiger partial charge in [-0.2, -0.15) is 0 Å². The number of benzene rings is 3. The Bertz CT molecular complexity index is 1240. The van der Waals surface area contributed by atoms with Crippen LogP contribution in [-0.2, 0) is 0 Å². The lowest BCUT2D eigenvalue weighted by molar-refractivity contribution is 0.355. The van der Waals surface area contributed by atoms with Crippen molar-refractivity contribution < 1.29 is 18.6 Å². The Balaban J connectivity index is 1.90. The zero-order valence-electron chi connectivity index (χ0n) is 16.8. The maximum absolute atomic E-state index is 14.2. The number of nitrogens with zero attached hydrogens (tertiary/aromatic N) is 2. The second kappa shape index (κ2) is 7.87. The molecule has 0 spiro atoms. The summed E-state index contributed by atoms with van der Waals surface area (Å²) in [4.78, 5) is 8.79. The first kappa shape index (κ1) is 19.4. The van der Waals surface area contributed by atoms with Gasteiger partial charge in [0.05, 0.1) is 32.5 Å². The first-order valence-electron chi connectivity index (χ1n) is 9.17. The number of methoxy groups -OCH3 is 3. The molecule has 4 aromatic rings. The molecule has 2 N–H and O–H groups in total. The lowest BCUT2D eigenvalue weighted by atomic mass is 10.00. The number of hydrogen-bond donors (Lipinski definition) is 1. The molecule has 0 atom stereocenters. The minimum atomic E-state index is -0.427. The van der Waals surface area contributed by atoms with E-state index in [2.05, 4.69) is 9.97 Å². The summed E-state index contributed by atoms with van der Waals surface area (Å²) in [6.07, 6.45) is 0. The van der Waals surface area contributed by atoms with Crippen molar-refractivity contribution >= 4 is 16.9 Å². The van der Waals surface area contributed by atoms with Crippen LogP contribution >= 0.6 is 0 Å². The molecular weight excluding hydrogens is 385 g/mol. The summed E-state index contributed by atoms with van der Waals surface area (Å²) in [6, 6.07) is 16.0. The highest BCUT2D eigenvalue weighted by atomic mass is 19.1. The zero-order chi connectivity index (χ0) is 21.3. The van der Waals surface area contributed by atoms with Gasteiger partial charge >= 0.3 is 0 Å². The van der Waals surface area contributed by atoms with Gasteiger partial charge in [-0.3, -0.25) is 0 Å². The molecule has 0 bridgehead atoms. The lowest BCUT2D eigenvalue weighted by Crippen LogP contribution is -1.99. The summed E-state index contributed by atoms with van der Waals surface area (Å²) in [6.45, 7) is 0. The maximum atomic E-state index is 14.2. The fraction of sp³-hybridized carbons (Fsp3) is 0.130. The quantitative estimate of drug-likeness (QED) is 0.518. The highest BCUT2D eigenvalue weighted by Gasteiger charge is 2.14. The number of nitrogens with two attached hydrogens (primary N) is 1. The molecule has 152 valence electrons. The van der Waals surface area contributed by atoms with Crippen LogP contribution in [-0.4, -0.2) is 31.3 Å². The molecule has 0 saturated heterocycles. The van der Waals surface area contributed by atoms with Gasteiger partial charge in [0.2, 0.25) is 5.95 Å². The van der Waals surface area contributed by atoms with Crippen molar-refractivity contribution in [3.63, 3.8) is 0 Å². The molecule has 1 heterocycles. The van der Waals surface area contributed by atoms with Gasteiger partial charge in [0.1, 0.15) is 0 Å². The van der Waals surface area contributed by atoms with Crippen LogP contribution in [0.2, 0.25) is 0 Å². The third kappa shape index (κ3) is 3.45. The molecule has 0 aliphatic carbocycles. The summed E-state index contributed by atoms with van der Waals surface area (Å²) < 4.78 is 29.9. The van der Waals surface area contributed by atoms with E-state index < -0.39 is 5.82 Å². The highest BCUT2D eigenvalue weighted by Crippen LogP contribution is 2.36. The van der Waals surface area contributed by atoms with Gasteiger partial charge in [0, 0.05) is 10.9 Å². The number of nitrogen functional groups attached to an aromatic ring is 1. The van der Waals surface area contributed by atoms with Crippen molar-refractivity contribution in [2.45, 2.75) is 0 Å². The fourth-order valence-electron chi connectivity index (χ4n) is 3.38. The SMILES string of the molecule is COc1ccc(-c2ccc3nc(N)nc(-c4ccc(OC)c(OC)c4)c3c2)cc1F. The molecule has 7 heteroatoms. The van der Waals surface area contributed by atoms with Gasteiger partial charge in [-0.1, -0.05) is 12.1 Å². The Kier molecular flexibility index (Phi) is 5.10. The fourth-order valence-corrected chi connectivity index (χ4v) is 3.38. The molecule has 0 aliphatic heterocycles. The minimum Gasteiger partial charge on any atom is -0.494 e. The Morgan fingerprint density at radius 3 is 2.03 bits per heavy atom. The van der Waals surface area contributed by atoms with Crippen molar-refractivity contribution in [1.29, 1.82) is 0 Å². The monoisotopic (exact) mass is 405 g/mol. The highest BCUT2D eigenvalue weighted by molar-refractivity contribution is 5.96.